The van der Waals surface area contributed by atoms with Crippen LogP contribution >= 0.6 is 0 Å². The van der Waals surface area contributed by atoms with Crippen LogP contribution in [0.3, 0.4) is 0 Å². The van der Waals surface area contributed by atoms with Crippen molar-refractivity contribution >= 4 is 17.1 Å². The summed E-state index contributed by atoms with van der Waals surface area (Å²) in [6.45, 7) is 1.70. The van der Waals surface area contributed by atoms with Crippen LogP contribution in [-0.2, 0) is 0 Å². The lowest BCUT2D eigenvalue weighted by Crippen LogP contribution is -2.11. The van der Waals surface area contributed by atoms with Crippen LogP contribution in [0.4, 0.5) is 17.1 Å². The Labute approximate surface area is 116 Å². The monoisotopic (exact) mass is 267 g/mol. The van der Waals surface area contributed by atoms with E-state index < -0.39 is 4.92 Å². The SMILES string of the molecule is Cc1cc(N(C)c2ccccc2C#N)ccc1[N+](=O)[O-]. The Kier molecular flexibility index (Phi) is 3.67. The van der Waals surface area contributed by atoms with Crippen molar-refractivity contribution in [2.45, 2.75) is 6.92 Å². The highest BCUT2D eigenvalue weighted by molar-refractivity contribution is 5.70. The molecule has 0 spiro atoms. The van der Waals surface area contributed by atoms with Crippen LogP contribution < -0.4 is 4.90 Å². The number of nitro groups is 1. The molecule has 5 nitrogen and oxygen atoms in total. The first kappa shape index (κ1) is 13.6. The predicted octanol–water partition coefficient (Wildman–Crippen LogP) is 3.54. The number of hydrogen-bond acceptors (Lipinski definition) is 4. The van der Waals surface area contributed by atoms with Crippen LogP contribution in [0.15, 0.2) is 42.5 Å². The molecule has 0 saturated heterocycles. The van der Waals surface area contributed by atoms with E-state index in [4.69, 9.17) is 5.26 Å². The van der Waals surface area contributed by atoms with Gasteiger partial charge < -0.3 is 4.90 Å². The molecule has 5 heteroatoms. The summed E-state index contributed by atoms with van der Waals surface area (Å²) >= 11 is 0. The molecule has 0 atom stereocenters. The molecule has 2 rings (SSSR count). The Balaban J connectivity index is 2.44. The van der Waals surface area contributed by atoms with E-state index in [0.29, 0.717) is 11.1 Å². The zero-order valence-electron chi connectivity index (χ0n) is 11.2. The Hall–Kier alpha value is -2.87. The minimum absolute atomic E-state index is 0.0933. The summed E-state index contributed by atoms with van der Waals surface area (Å²) in [5, 5.41) is 19.9. The van der Waals surface area contributed by atoms with Gasteiger partial charge in [-0.2, -0.15) is 5.26 Å². The number of nitro benzene ring substituents is 1. The highest BCUT2D eigenvalue weighted by Crippen LogP contribution is 2.30. The van der Waals surface area contributed by atoms with Crippen molar-refractivity contribution in [2.75, 3.05) is 11.9 Å². The molecule has 0 aliphatic carbocycles. The van der Waals surface area contributed by atoms with E-state index in [2.05, 4.69) is 6.07 Å². The lowest BCUT2D eigenvalue weighted by Gasteiger charge is -2.21. The van der Waals surface area contributed by atoms with Crippen molar-refractivity contribution in [1.82, 2.24) is 0 Å². The van der Waals surface area contributed by atoms with Crippen LogP contribution in [0, 0.1) is 28.4 Å². The standard InChI is InChI=1S/C15H13N3O2/c1-11-9-13(7-8-14(11)18(19)20)17(2)15-6-4-3-5-12(15)10-16/h3-9H,1-2H3. The summed E-state index contributed by atoms with van der Waals surface area (Å²) in [6, 6.07) is 14.3. The van der Waals surface area contributed by atoms with Crippen LogP contribution in [0.2, 0.25) is 0 Å². The molecule has 0 aliphatic rings. The lowest BCUT2D eigenvalue weighted by molar-refractivity contribution is -0.385. The average molecular weight is 267 g/mol. The van der Waals surface area contributed by atoms with E-state index in [1.165, 1.54) is 6.07 Å². The average Bonchev–Trinajstić information content (AvgIpc) is 2.45. The smallest absolute Gasteiger partial charge is 0.272 e. The van der Waals surface area contributed by atoms with Crippen LogP contribution in [0.25, 0.3) is 0 Å². The summed E-state index contributed by atoms with van der Waals surface area (Å²) in [5.74, 6) is 0. The van der Waals surface area contributed by atoms with E-state index in [1.54, 1.807) is 31.2 Å². The number of hydrogen-bond donors (Lipinski definition) is 0. The Morgan fingerprint density at radius 3 is 2.55 bits per heavy atom. The van der Waals surface area contributed by atoms with Crippen LogP contribution in [0.5, 0.6) is 0 Å². The molecule has 20 heavy (non-hydrogen) atoms. The first-order valence-corrected chi connectivity index (χ1v) is 6.02. The Morgan fingerprint density at radius 1 is 1.25 bits per heavy atom. The lowest BCUT2D eigenvalue weighted by atomic mass is 10.1. The van der Waals surface area contributed by atoms with Gasteiger partial charge in [0.2, 0.25) is 0 Å². The van der Waals surface area contributed by atoms with Crippen molar-refractivity contribution in [3.63, 3.8) is 0 Å². The number of aryl methyl sites for hydroxylation is 1. The largest absolute Gasteiger partial charge is 0.344 e. The fourth-order valence-electron chi connectivity index (χ4n) is 2.05. The topological polar surface area (TPSA) is 70.2 Å². The summed E-state index contributed by atoms with van der Waals surface area (Å²) in [4.78, 5) is 12.3. The van der Waals surface area contributed by atoms with E-state index in [1.807, 2.05) is 24.1 Å². The van der Waals surface area contributed by atoms with E-state index in [-0.39, 0.29) is 5.69 Å². The van der Waals surface area contributed by atoms with E-state index in [0.717, 1.165) is 11.4 Å². The van der Waals surface area contributed by atoms with Gasteiger partial charge in [0.05, 0.1) is 16.2 Å². The molecule has 0 aromatic heterocycles. The molecule has 0 unspecified atom stereocenters. The van der Waals surface area contributed by atoms with Crippen molar-refractivity contribution in [3.05, 3.63) is 63.7 Å². The van der Waals surface area contributed by atoms with Gasteiger partial charge in [-0.3, -0.25) is 10.1 Å². The van der Waals surface area contributed by atoms with Crippen LogP contribution in [0.1, 0.15) is 11.1 Å². The van der Waals surface area contributed by atoms with Gasteiger partial charge in [0, 0.05) is 24.4 Å². The molecule has 2 aromatic carbocycles. The summed E-state index contributed by atoms with van der Waals surface area (Å²) in [6.07, 6.45) is 0. The highest BCUT2D eigenvalue weighted by Gasteiger charge is 2.14. The second kappa shape index (κ2) is 5.41. The van der Waals surface area contributed by atoms with Gasteiger partial charge in [-0.1, -0.05) is 12.1 Å². The fourth-order valence-corrected chi connectivity index (χ4v) is 2.05. The maximum absolute atomic E-state index is 10.8. The number of para-hydroxylation sites is 1. The molecule has 0 fully saturated rings. The normalized spacial score (nSPS) is 9.85. The molecule has 0 saturated carbocycles. The Bertz CT molecular complexity index is 705. The predicted molar refractivity (Wildman–Crippen MR) is 77.1 cm³/mol. The van der Waals surface area contributed by atoms with Gasteiger partial charge in [-0.15, -0.1) is 0 Å². The first-order chi connectivity index (χ1) is 9.54. The summed E-state index contributed by atoms with van der Waals surface area (Å²) < 4.78 is 0. The third-order valence-electron chi connectivity index (χ3n) is 3.15. The van der Waals surface area contributed by atoms with E-state index >= 15 is 0 Å². The van der Waals surface area contributed by atoms with Crippen molar-refractivity contribution in [2.24, 2.45) is 0 Å². The zero-order valence-corrected chi connectivity index (χ0v) is 11.2. The molecule has 0 radical (unpaired) electrons. The second-order valence-electron chi connectivity index (χ2n) is 4.42. The number of benzene rings is 2. The van der Waals surface area contributed by atoms with E-state index in [9.17, 15) is 10.1 Å². The molecular weight excluding hydrogens is 254 g/mol. The number of anilines is 2. The second-order valence-corrected chi connectivity index (χ2v) is 4.42. The minimum Gasteiger partial charge on any atom is -0.344 e. The molecule has 0 aliphatic heterocycles. The van der Waals surface area contributed by atoms with Crippen molar-refractivity contribution in [1.29, 1.82) is 5.26 Å². The quantitative estimate of drug-likeness (QED) is 0.630. The third kappa shape index (κ3) is 2.45. The van der Waals surface area contributed by atoms with Gasteiger partial charge in [0.1, 0.15) is 6.07 Å². The third-order valence-corrected chi connectivity index (χ3v) is 3.15. The molecule has 2 aromatic rings. The summed E-state index contributed by atoms with van der Waals surface area (Å²) in [5.41, 5.74) is 2.81. The first-order valence-electron chi connectivity index (χ1n) is 6.02. The summed E-state index contributed by atoms with van der Waals surface area (Å²) in [7, 11) is 1.83. The van der Waals surface area contributed by atoms with Gasteiger partial charge in [-0.25, -0.2) is 0 Å². The number of nitrogens with zero attached hydrogens (tertiary/aromatic N) is 3. The maximum atomic E-state index is 10.8. The molecule has 0 N–H and O–H groups in total. The number of nitriles is 1. The van der Waals surface area contributed by atoms with Gasteiger partial charge in [0.15, 0.2) is 0 Å². The minimum atomic E-state index is -0.400. The molecule has 0 amide bonds. The zero-order chi connectivity index (χ0) is 14.7. The number of rotatable bonds is 3. The molecule has 100 valence electrons. The maximum Gasteiger partial charge on any atom is 0.272 e. The molecular formula is C15H13N3O2. The van der Waals surface area contributed by atoms with Crippen molar-refractivity contribution in [3.8, 4) is 6.07 Å². The fraction of sp³-hybridized carbons (Fsp3) is 0.133. The molecule has 0 bridgehead atoms. The van der Waals surface area contributed by atoms with Gasteiger partial charge >= 0.3 is 0 Å². The van der Waals surface area contributed by atoms with Gasteiger partial charge in [-0.05, 0) is 31.2 Å². The van der Waals surface area contributed by atoms with Gasteiger partial charge in [0.25, 0.3) is 5.69 Å². The molecule has 0 heterocycles. The van der Waals surface area contributed by atoms with Crippen LogP contribution in [-0.4, -0.2) is 12.0 Å². The van der Waals surface area contributed by atoms with Crippen molar-refractivity contribution < 1.29 is 4.92 Å². The highest BCUT2D eigenvalue weighted by atomic mass is 16.6. The Morgan fingerprint density at radius 2 is 1.95 bits per heavy atom.